The minimum Gasteiger partial charge on any atom is -0.456 e. The SMILES string of the molecule is CCC(C)CCC(C)(CC)Nc1ccc(C(=O)Oc2ccc(C(=O)OC(C)(C)C)cc2)cc1. The lowest BCUT2D eigenvalue weighted by atomic mass is 9.88. The number of benzene rings is 2. The molecule has 0 aliphatic rings. The third-order valence-corrected chi connectivity index (χ3v) is 5.93. The number of carbonyl (C=O) groups is 2. The first-order valence-corrected chi connectivity index (χ1v) is 11.9. The Hall–Kier alpha value is -2.82. The third kappa shape index (κ3) is 8.56. The lowest BCUT2D eigenvalue weighted by Gasteiger charge is -2.32. The number of nitrogens with one attached hydrogen (secondary N) is 1. The molecular weight excluding hydrogens is 414 g/mol. The van der Waals surface area contributed by atoms with Crippen LogP contribution in [0.4, 0.5) is 5.69 Å². The summed E-state index contributed by atoms with van der Waals surface area (Å²) in [6, 6.07) is 13.7. The average Bonchev–Trinajstić information content (AvgIpc) is 2.77. The van der Waals surface area contributed by atoms with E-state index < -0.39 is 17.5 Å². The second-order valence-corrected chi connectivity index (χ2v) is 10.1. The minimum absolute atomic E-state index is 0.0152. The molecule has 2 aromatic carbocycles. The second-order valence-electron chi connectivity index (χ2n) is 10.1. The Morgan fingerprint density at radius 1 is 0.879 bits per heavy atom. The third-order valence-electron chi connectivity index (χ3n) is 5.93. The summed E-state index contributed by atoms with van der Waals surface area (Å²) < 4.78 is 10.8. The predicted octanol–water partition coefficient (Wildman–Crippen LogP) is 7.27. The first-order valence-electron chi connectivity index (χ1n) is 11.9. The molecule has 2 unspecified atom stereocenters. The molecule has 5 nitrogen and oxygen atoms in total. The van der Waals surface area contributed by atoms with Crippen LogP contribution < -0.4 is 10.1 Å². The molecule has 0 saturated heterocycles. The summed E-state index contributed by atoms with van der Waals surface area (Å²) in [5, 5.41) is 3.64. The van der Waals surface area contributed by atoms with Gasteiger partial charge in [0.05, 0.1) is 11.1 Å². The number of ether oxygens (including phenoxy) is 2. The van der Waals surface area contributed by atoms with Crippen molar-refractivity contribution in [1.82, 2.24) is 0 Å². The molecule has 2 atom stereocenters. The smallest absolute Gasteiger partial charge is 0.343 e. The van der Waals surface area contributed by atoms with E-state index in [1.54, 1.807) is 36.4 Å². The van der Waals surface area contributed by atoms with Gasteiger partial charge in [0.1, 0.15) is 11.4 Å². The van der Waals surface area contributed by atoms with Gasteiger partial charge < -0.3 is 14.8 Å². The molecule has 0 aliphatic heterocycles. The van der Waals surface area contributed by atoms with Gasteiger partial charge in [0.25, 0.3) is 0 Å². The Morgan fingerprint density at radius 2 is 1.42 bits per heavy atom. The van der Waals surface area contributed by atoms with Crippen LogP contribution in [0.1, 0.15) is 94.9 Å². The summed E-state index contributed by atoms with van der Waals surface area (Å²) >= 11 is 0. The van der Waals surface area contributed by atoms with Crippen molar-refractivity contribution < 1.29 is 19.1 Å². The van der Waals surface area contributed by atoms with Crippen LogP contribution in [0.25, 0.3) is 0 Å². The van der Waals surface area contributed by atoms with Gasteiger partial charge in [-0.25, -0.2) is 9.59 Å². The van der Waals surface area contributed by atoms with Crippen LogP contribution in [0.3, 0.4) is 0 Å². The van der Waals surface area contributed by atoms with Gasteiger partial charge in [-0.15, -0.1) is 0 Å². The maximum absolute atomic E-state index is 12.5. The van der Waals surface area contributed by atoms with Gasteiger partial charge in [0.2, 0.25) is 0 Å². The van der Waals surface area contributed by atoms with E-state index in [1.807, 2.05) is 32.9 Å². The summed E-state index contributed by atoms with van der Waals surface area (Å²) in [5.41, 5.74) is 1.32. The molecule has 0 aliphatic carbocycles. The highest BCUT2D eigenvalue weighted by Gasteiger charge is 2.22. The zero-order valence-electron chi connectivity index (χ0n) is 21.2. The van der Waals surface area contributed by atoms with Gasteiger partial charge in [-0.2, -0.15) is 0 Å². The maximum atomic E-state index is 12.5. The Labute approximate surface area is 198 Å². The summed E-state index contributed by atoms with van der Waals surface area (Å²) in [5.74, 6) is 0.236. The molecule has 5 heteroatoms. The van der Waals surface area contributed by atoms with Crippen molar-refractivity contribution in [3.8, 4) is 5.75 Å². The fraction of sp³-hybridized carbons (Fsp3) is 0.500. The van der Waals surface area contributed by atoms with Crippen LogP contribution in [0.5, 0.6) is 5.75 Å². The normalized spacial score (nSPS) is 14.2. The van der Waals surface area contributed by atoms with Crippen LogP contribution in [0.15, 0.2) is 48.5 Å². The molecule has 0 amide bonds. The van der Waals surface area contributed by atoms with Crippen LogP contribution in [-0.2, 0) is 4.74 Å². The molecule has 2 rings (SSSR count). The summed E-state index contributed by atoms with van der Waals surface area (Å²) in [6.45, 7) is 14.4. The van der Waals surface area contributed by atoms with Crippen LogP contribution in [0.2, 0.25) is 0 Å². The van der Waals surface area contributed by atoms with E-state index in [2.05, 4.69) is 33.0 Å². The Kier molecular flexibility index (Phi) is 9.09. The standard InChI is InChI=1S/C28H39NO4/c1-8-20(3)18-19-28(7,9-2)29-23-14-10-21(11-15-23)25(30)32-24-16-12-22(13-17-24)26(31)33-27(4,5)6/h10-17,20,29H,8-9,18-19H2,1-7H3. The van der Waals surface area contributed by atoms with Crippen molar-refractivity contribution >= 4 is 17.6 Å². The lowest BCUT2D eigenvalue weighted by molar-refractivity contribution is 0.00694. The van der Waals surface area contributed by atoms with Crippen molar-refractivity contribution in [1.29, 1.82) is 0 Å². The summed E-state index contributed by atoms with van der Waals surface area (Å²) in [6.07, 6.45) is 4.50. The average molecular weight is 454 g/mol. The Morgan fingerprint density at radius 3 is 1.94 bits per heavy atom. The molecule has 0 radical (unpaired) electrons. The molecule has 180 valence electrons. The van der Waals surface area contributed by atoms with Gasteiger partial charge in [0, 0.05) is 11.2 Å². The molecule has 0 heterocycles. The van der Waals surface area contributed by atoms with E-state index in [0.717, 1.165) is 18.5 Å². The minimum atomic E-state index is -0.564. The quantitative estimate of drug-likeness (QED) is 0.303. The van der Waals surface area contributed by atoms with E-state index in [-0.39, 0.29) is 5.54 Å². The van der Waals surface area contributed by atoms with Crippen LogP contribution in [0, 0.1) is 5.92 Å². The Bertz CT molecular complexity index is 912. The van der Waals surface area contributed by atoms with E-state index in [0.29, 0.717) is 22.8 Å². The molecule has 2 aromatic rings. The highest BCUT2D eigenvalue weighted by Crippen LogP contribution is 2.26. The molecule has 1 N–H and O–H groups in total. The van der Waals surface area contributed by atoms with Crippen molar-refractivity contribution in [2.24, 2.45) is 5.92 Å². The number of rotatable bonds is 10. The van der Waals surface area contributed by atoms with Crippen molar-refractivity contribution in [2.45, 2.75) is 85.3 Å². The number of hydrogen-bond acceptors (Lipinski definition) is 5. The Balaban J connectivity index is 1.97. The summed E-state index contributed by atoms with van der Waals surface area (Å²) in [7, 11) is 0. The van der Waals surface area contributed by atoms with Gasteiger partial charge in [-0.3, -0.25) is 0 Å². The molecule has 0 fully saturated rings. The number of hydrogen-bond donors (Lipinski definition) is 1. The van der Waals surface area contributed by atoms with E-state index in [4.69, 9.17) is 9.47 Å². The fourth-order valence-electron chi connectivity index (χ4n) is 3.30. The van der Waals surface area contributed by atoms with Gasteiger partial charge in [-0.05, 0) is 101 Å². The lowest BCUT2D eigenvalue weighted by Crippen LogP contribution is -2.34. The number of esters is 2. The van der Waals surface area contributed by atoms with Crippen LogP contribution in [-0.4, -0.2) is 23.1 Å². The number of carbonyl (C=O) groups excluding carboxylic acids is 2. The molecule has 0 saturated carbocycles. The molecule has 0 spiro atoms. The van der Waals surface area contributed by atoms with E-state index >= 15 is 0 Å². The number of anilines is 1. The topological polar surface area (TPSA) is 64.6 Å². The predicted molar refractivity (Wildman–Crippen MR) is 134 cm³/mol. The van der Waals surface area contributed by atoms with Crippen molar-refractivity contribution in [2.75, 3.05) is 5.32 Å². The van der Waals surface area contributed by atoms with E-state index in [1.165, 1.54) is 12.8 Å². The van der Waals surface area contributed by atoms with Gasteiger partial charge >= 0.3 is 11.9 Å². The molecule has 33 heavy (non-hydrogen) atoms. The van der Waals surface area contributed by atoms with Gasteiger partial charge in [0.15, 0.2) is 0 Å². The monoisotopic (exact) mass is 453 g/mol. The first-order chi connectivity index (χ1) is 15.4. The largest absolute Gasteiger partial charge is 0.456 e. The highest BCUT2D eigenvalue weighted by molar-refractivity contribution is 5.92. The zero-order valence-corrected chi connectivity index (χ0v) is 21.2. The second kappa shape index (κ2) is 11.4. The first kappa shape index (κ1) is 26.4. The maximum Gasteiger partial charge on any atom is 0.343 e. The van der Waals surface area contributed by atoms with Crippen molar-refractivity contribution in [3.63, 3.8) is 0 Å². The van der Waals surface area contributed by atoms with Crippen LogP contribution >= 0.6 is 0 Å². The molecule has 0 bridgehead atoms. The van der Waals surface area contributed by atoms with Gasteiger partial charge in [-0.1, -0.05) is 27.2 Å². The molecule has 0 aromatic heterocycles. The fourth-order valence-corrected chi connectivity index (χ4v) is 3.30. The summed E-state index contributed by atoms with van der Waals surface area (Å²) in [4.78, 5) is 24.7. The molecular formula is C28H39NO4. The van der Waals surface area contributed by atoms with E-state index in [9.17, 15) is 9.59 Å². The van der Waals surface area contributed by atoms with Crippen molar-refractivity contribution in [3.05, 3.63) is 59.7 Å². The zero-order chi connectivity index (χ0) is 24.6. The highest BCUT2D eigenvalue weighted by atomic mass is 16.6.